The van der Waals surface area contributed by atoms with Crippen LogP contribution in [0, 0.1) is 22.5 Å². The summed E-state index contributed by atoms with van der Waals surface area (Å²) in [7, 11) is 0. The fraction of sp³-hybridized carbons (Fsp3) is 0.0500. The summed E-state index contributed by atoms with van der Waals surface area (Å²) in [4.78, 5) is 48.2. The van der Waals surface area contributed by atoms with E-state index in [-0.39, 0.29) is 39.3 Å². The molecule has 3 rings (SSSR count). The van der Waals surface area contributed by atoms with Crippen molar-refractivity contribution in [2.75, 3.05) is 11.5 Å². The summed E-state index contributed by atoms with van der Waals surface area (Å²) in [6, 6.07) is 6.51. The lowest BCUT2D eigenvalue weighted by molar-refractivity contribution is -0.384. The molecule has 1 fully saturated rings. The van der Waals surface area contributed by atoms with Crippen molar-refractivity contribution in [3.8, 4) is 18.1 Å². The summed E-state index contributed by atoms with van der Waals surface area (Å²) in [6.45, 7) is -0.0624. The highest BCUT2D eigenvalue weighted by Gasteiger charge is 2.37. The average molecular weight is 460 g/mol. The Bertz CT molecular complexity index is 1160. The van der Waals surface area contributed by atoms with Gasteiger partial charge in [-0.05, 0) is 35.9 Å². The Labute approximate surface area is 185 Å². The van der Waals surface area contributed by atoms with E-state index in [1.54, 1.807) is 0 Å². The molecule has 1 N–H and O–H groups in total. The van der Waals surface area contributed by atoms with Crippen LogP contribution in [-0.2, 0) is 9.59 Å². The van der Waals surface area contributed by atoms with Gasteiger partial charge >= 0.3 is 6.03 Å². The molecule has 0 aliphatic carbocycles. The van der Waals surface area contributed by atoms with Gasteiger partial charge in [-0.2, -0.15) is 0 Å². The summed E-state index contributed by atoms with van der Waals surface area (Å²) in [5.41, 5.74) is -0.264. The van der Waals surface area contributed by atoms with Crippen molar-refractivity contribution in [2.45, 2.75) is 0 Å². The van der Waals surface area contributed by atoms with Crippen LogP contribution >= 0.6 is 23.2 Å². The van der Waals surface area contributed by atoms with Crippen LogP contribution < -0.4 is 15.0 Å². The van der Waals surface area contributed by atoms with Gasteiger partial charge in [0.2, 0.25) is 0 Å². The van der Waals surface area contributed by atoms with Crippen molar-refractivity contribution in [3.05, 3.63) is 67.7 Å². The Kier molecular flexibility index (Phi) is 6.25. The highest BCUT2D eigenvalue weighted by atomic mass is 35.5. The number of imide groups is 2. The lowest BCUT2D eigenvalue weighted by Crippen LogP contribution is -2.54. The van der Waals surface area contributed by atoms with Crippen molar-refractivity contribution in [3.63, 3.8) is 0 Å². The Balaban J connectivity index is 1.97. The van der Waals surface area contributed by atoms with Gasteiger partial charge in [0, 0.05) is 12.1 Å². The molecule has 11 heteroatoms. The summed E-state index contributed by atoms with van der Waals surface area (Å²) in [5, 5.41) is 13.0. The summed E-state index contributed by atoms with van der Waals surface area (Å²) < 4.78 is 5.25. The zero-order valence-electron chi connectivity index (χ0n) is 15.4. The number of halogens is 2. The summed E-state index contributed by atoms with van der Waals surface area (Å²) in [5.74, 6) is 0.566. The lowest BCUT2D eigenvalue weighted by atomic mass is 10.1. The first-order chi connectivity index (χ1) is 14.7. The van der Waals surface area contributed by atoms with E-state index in [2.05, 4.69) is 5.92 Å². The summed E-state index contributed by atoms with van der Waals surface area (Å²) in [6.07, 6.45) is 6.34. The number of benzene rings is 2. The Morgan fingerprint density at radius 2 is 1.77 bits per heavy atom. The van der Waals surface area contributed by atoms with Gasteiger partial charge in [0.25, 0.3) is 17.5 Å². The largest absolute Gasteiger partial charge is 0.478 e. The first kappa shape index (κ1) is 21.8. The molecule has 0 saturated carbocycles. The molecule has 31 heavy (non-hydrogen) atoms. The number of nitro groups is 1. The van der Waals surface area contributed by atoms with Gasteiger partial charge in [-0.1, -0.05) is 29.1 Å². The molecule has 0 radical (unpaired) electrons. The van der Waals surface area contributed by atoms with Gasteiger partial charge in [0.15, 0.2) is 5.75 Å². The Morgan fingerprint density at radius 1 is 1.16 bits per heavy atom. The molecule has 2 aromatic rings. The number of nitrogens with one attached hydrogen (secondary N) is 1. The zero-order chi connectivity index (χ0) is 22.7. The lowest BCUT2D eigenvalue weighted by Gasteiger charge is -2.26. The van der Waals surface area contributed by atoms with Crippen molar-refractivity contribution < 1.29 is 24.0 Å². The number of barbiturate groups is 1. The van der Waals surface area contributed by atoms with E-state index in [4.69, 9.17) is 34.4 Å². The van der Waals surface area contributed by atoms with Crippen LogP contribution in [0.5, 0.6) is 5.75 Å². The van der Waals surface area contributed by atoms with Gasteiger partial charge in [-0.15, -0.1) is 6.42 Å². The number of hydrogen-bond donors (Lipinski definition) is 1. The molecular weight excluding hydrogens is 449 g/mol. The third-order valence-corrected chi connectivity index (χ3v) is 4.61. The number of non-ortho nitro benzene ring substituents is 1. The maximum atomic E-state index is 12.9. The second-order valence-corrected chi connectivity index (χ2v) is 6.85. The topological polar surface area (TPSA) is 119 Å². The molecular formula is C20H11Cl2N3O6. The van der Waals surface area contributed by atoms with Crippen molar-refractivity contribution >= 4 is 58.5 Å². The molecule has 1 aliphatic heterocycles. The standard InChI is InChI=1S/C20H11Cl2N3O6/c1-2-7-31-17-15(21)9-11(10-16(17)22)8-14-18(26)23-20(28)24(19(14)27)12-3-5-13(6-4-12)25(29)30/h1,3-6,8-10H,7H2,(H,23,26,28)/b14-8+. The number of anilines is 1. The van der Waals surface area contributed by atoms with Gasteiger partial charge in [0.05, 0.1) is 20.7 Å². The molecule has 2 aromatic carbocycles. The number of amides is 4. The fourth-order valence-corrected chi connectivity index (χ4v) is 3.31. The van der Waals surface area contributed by atoms with E-state index in [1.165, 1.54) is 30.3 Å². The molecule has 0 aromatic heterocycles. The highest BCUT2D eigenvalue weighted by molar-refractivity contribution is 6.40. The number of rotatable bonds is 5. The van der Waals surface area contributed by atoms with Crippen LogP contribution in [-0.4, -0.2) is 29.4 Å². The number of urea groups is 1. The van der Waals surface area contributed by atoms with E-state index < -0.39 is 22.8 Å². The number of nitrogens with zero attached hydrogens (tertiary/aromatic N) is 2. The van der Waals surface area contributed by atoms with E-state index >= 15 is 0 Å². The highest BCUT2D eigenvalue weighted by Crippen LogP contribution is 2.35. The average Bonchev–Trinajstić information content (AvgIpc) is 2.71. The monoisotopic (exact) mass is 459 g/mol. The quantitative estimate of drug-likeness (QED) is 0.240. The first-order valence-electron chi connectivity index (χ1n) is 8.44. The van der Waals surface area contributed by atoms with Crippen LogP contribution in [0.25, 0.3) is 6.08 Å². The predicted molar refractivity (Wildman–Crippen MR) is 113 cm³/mol. The Hall–Kier alpha value is -3.87. The molecule has 0 bridgehead atoms. The number of terminal acetylenes is 1. The molecule has 0 atom stereocenters. The van der Waals surface area contributed by atoms with E-state index in [0.29, 0.717) is 10.5 Å². The van der Waals surface area contributed by atoms with Gasteiger partial charge in [0.1, 0.15) is 12.2 Å². The maximum absolute atomic E-state index is 12.9. The van der Waals surface area contributed by atoms with Crippen LogP contribution in [0.2, 0.25) is 10.0 Å². The van der Waals surface area contributed by atoms with Crippen molar-refractivity contribution in [1.82, 2.24) is 5.32 Å². The molecule has 1 aliphatic rings. The van der Waals surface area contributed by atoms with Crippen LogP contribution in [0.15, 0.2) is 42.0 Å². The first-order valence-corrected chi connectivity index (χ1v) is 9.19. The minimum absolute atomic E-state index is 0.0422. The normalized spacial score (nSPS) is 14.9. The van der Waals surface area contributed by atoms with Crippen LogP contribution in [0.1, 0.15) is 5.56 Å². The van der Waals surface area contributed by atoms with Gasteiger partial charge < -0.3 is 4.74 Å². The number of carbonyl (C=O) groups excluding carboxylic acids is 3. The van der Waals surface area contributed by atoms with Crippen LogP contribution in [0.4, 0.5) is 16.2 Å². The van der Waals surface area contributed by atoms with E-state index in [0.717, 1.165) is 12.1 Å². The second kappa shape index (κ2) is 8.87. The fourth-order valence-electron chi connectivity index (χ4n) is 2.70. The number of ether oxygens (including phenoxy) is 1. The van der Waals surface area contributed by atoms with E-state index in [9.17, 15) is 24.5 Å². The minimum atomic E-state index is -0.991. The molecule has 1 heterocycles. The molecule has 9 nitrogen and oxygen atoms in total. The minimum Gasteiger partial charge on any atom is -0.478 e. The van der Waals surface area contributed by atoms with Gasteiger partial charge in [-0.25, -0.2) is 9.69 Å². The number of carbonyl (C=O) groups is 3. The maximum Gasteiger partial charge on any atom is 0.335 e. The molecule has 4 amide bonds. The SMILES string of the molecule is C#CCOc1c(Cl)cc(/C=C2\C(=O)NC(=O)N(c3ccc([N+](=O)[O-])cc3)C2=O)cc1Cl. The number of hydrogen-bond acceptors (Lipinski definition) is 6. The molecule has 156 valence electrons. The molecule has 0 unspecified atom stereocenters. The predicted octanol–water partition coefficient (Wildman–Crippen LogP) is 3.58. The second-order valence-electron chi connectivity index (χ2n) is 6.04. The van der Waals surface area contributed by atoms with E-state index in [1.807, 2.05) is 5.32 Å². The Morgan fingerprint density at radius 3 is 2.32 bits per heavy atom. The molecule has 1 saturated heterocycles. The zero-order valence-corrected chi connectivity index (χ0v) is 16.9. The van der Waals surface area contributed by atoms with Crippen LogP contribution in [0.3, 0.4) is 0 Å². The van der Waals surface area contributed by atoms with Crippen molar-refractivity contribution in [2.24, 2.45) is 0 Å². The third kappa shape index (κ3) is 4.50. The van der Waals surface area contributed by atoms with Gasteiger partial charge in [-0.3, -0.25) is 25.0 Å². The number of nitro benzene ring substituents is 1. The molecule has 0 spiro atoms. The third-order valence-electron chi connectivity index (χ3n) is 4.05. The summed E-state index contributed by atoms with van der Waals surface area (Å²) >= 11 is 12.3. The van der Waals surface area contributed by atoms with Crippen molar-refractivity contribution in [1.29, 1.82) is 0 Å². The smallest absolute Gasteiger partial charge is 0.335 e.